The molecule has 1 heterocycles. The van der Waals surface area contributed by atoms with Gasteiger partial charge in [0.05, 0.1) is 23.8 Å². The number of carboxylic acid groups (broad SMARTS) is 1. The molecule has 0 unspecified atom stereocenters. The summed E-state index contributed by atoms with van der Waals surface area (Å²) in [6.45, 7) is 1.54. The molecule has 0 saturated heterocycles. The number of rotatable bonds is 4. The van der Waals surface area contributed by atoms with Gasteiger partial charge in [0.15, 0.2) is 15.5 Å². The molecule has 1 N–H and O–H groups in total. The topological polar surface area (TPSA) is 97.2 Å². The van der Waals surface area contributed by atoms with Crippen molar-refractivity contribution >= 4 is 15.8 Å². The average Bonchev–Trinajstić information content (AvgIpc) is 2.18. The fourth-order valence-electron chi connectivity index (χ4n) is 0.867. The lowest BCUT2D eigenvalue weighted by atomic mass is 10.4. The first-order valence-corrected chi connectivity index (χ1v) is 6.01. The molecule has 0 amide bonds. The monoisotopic (exact) mass is 230 g/mol. The van der Waals surface area contributed by atoms with Crippen LogP contribution in [0.2, 0.25) is 0 Å². The number of aromatic carboxylic acids is 1. The number of carbonyl (C=O) groups is 1. The molecule has 0 bridgehead atoms. The molecular weight excluding hydrogens is 220 g/mol. The fourth-order valence-corrected chi connectivity index (χ4v) is 1.67. The van der Waals surface area contributed by atoms with E-state index in [1.165, 1.54) is 6.92 Å². The Morgan fingerprint density at radius 3 is 2.47 bits per heavy atom. The maximum absolute atomic E-state index is 11.2. The lowest BCUT2D eigenvalue weighted by molar-refractivity contribution is 0.0690. The van der Waals surface area contributed by atoms with Crippen molar-refractivity contribution in [1.82, 2.24) is 9.97 Å². The van der Waals surface area contributed by atoms with Crippen LogP contribution < -0.4 is 0 Å². The molecule has 0 fully saturated rings. The zero-order valence-corrected chi connectivity index (χ0v) is 8.86. The van der Waals surface area contributed by atoms with E-state index in [1.807, 2.05) is 0 Å². The normalized spacial score (nSPS) is 11.3. The van der Waals surface area contributed by atoms with Crippen LogP contribution >= 0.6 is 0 Å². The number of hydrogen-bond acceptors (Lipinski definition) is 5. The van der Waals surface area contributed by atoms with Gasteiger partial charge in [0.2, 0.25) is 0 Å². The van der Waals surface area contributed by atoms with Gasteiger partial charge in [0.25, 0.3) is 0 Å². The summed E-state index contributed by atoms with van der Waals surface area (Å²) >= 11 is 0. The summed E-state index contributed by atoms with van der Waals surface area (Å²) in [5, 5.41) is 8.53. The van der Waals surface area contributed by atoms with E-state index in [1.54, 1.807) is 0 Å². The standard InChI is InChI=1S/C8H10N2O4S/c1-2-15(13,14)5-6-3-10-7(4-9-6)8(11)12/h3-4H,2,5H2,1H3,(H,11,12). The summed E-state index contributed by atoms with van der Waals surface area (Å²) in [6, 6.07) is 0. The van der Waals surface area contributed by atoms with Gasteiger partial charge in [-0.15, -0.1) is 0 Å². The Kier molecular flexibility index (Phi) is 3.35. The Labute approximate surface area is 86.9 Å². The van der Waals surface area contributed by atoms with Gasteiger partial charge < -0.3 is 5.11 Å². The molecule has 0 aromatic carbocycles. The van der Waals surface area contributed by atoms with Crippen LogP contribution in [0.1, 0.15) is 23.1 Å². The second-order valence-corrected chi connectivity index (χ2v) is 5.23. The molecule has 1 aromatic rings. The van der Waals surface area contributed by atoms with E-state index in [2.05, 4.69) is 9.97 Å². The zero-order valence-electron chi connectivity index (χ0n) is 8.04. The molecular formula is C8H10N2O4S. The molecule has 0 spiro atoms. The lowest BCUT2D eigenvalue weighted by Gasteiger charge is -2.00. The molecule has 0 aliphatic rings. The number of hydrogen-bond donors (Lipinski definition) is 1. The van der Waals surface area contributed by atoms with E-state index < -0.39 is 15.8 Å². The third kappa shape index (κ3) is 3.28. The van der Waals surface area contributed by atoms with Crippen molar-refractivity contribution in [2.24, 2.45) is 0 Å². The highest BCUT2D eigenvalue weighted by Crippen LogP contribution is 2.02. The van der Waals surface area contributed by atoms with Crippen LogP contribution in [0.25, 0.3) is 0 Å². The SMILES string of the molecule is CCS(=O)(=O)Cc1cnc(C(=O)O)cn1. The average molecular weight is 230 g/mol. The number of carboxylic acids is 1. The third-order valence-electron chi connectivity index (χ3n) is 1.73. The van der Waals surface area contributed by atoms with E-state index in [-0.39, 0.29) is 22.9 Å². The number of nitrogens with zero attached hydrogens (tertiary/aromatic N) is 2. The summed E-state index contributed by atoms with van der Waals surface area (Å²) < 4.78 is 22.4. The Hall–Kier alpha value is -1.50. The largest absolute Gasteiger partial charge is 0.476 e. The minimum Gasteiger partial charge on any atom is -0.476 e. The van der Waals surface area contributed by atoms with Gasteiger partial charge in [-0.3, -0.25) is 4.98 Å². The highest BCUT2D eigenvalue weighted by atomic mass is 32.2. The minimum absolute atomic E-state index is 0.0232. The second-order valence-electron chi connectivity index (χ2n) is 2.87. The molecule has 82 valence electrons. The van der Waals surface area contributed by atoms with E-state index in [0.29, 0.717) is 0 Å². The Balaban J connectivity index is 2.86. The molecule has 0 aliphatic carbocycles. The van der Waals surface area contributed by atoms with Crippen LogP contribution in [-0.4, -0.2) is 35.2 Å². The first kappa shape index (κ1) is 11.6. The first-order chi connectivity index (χ1) is 6.94. The molecule has 6 nitrogen and oxygen atoms in total. The summed E-state index contributed by atoms with van der Waals surface area (Å²) in [5.41, 5.74) is 0.0505. The third-order valence-corrected chi connectivity index (χ3v) is 3.35. The molecule has 0 saturated carbocycles. The van der Waals surface area contributed by atoms with Crippen molar-refractivity contribution in [2.45, 2.75) is 12.7 Å². The van der Waals surface area contributed by atoms with Gasteiger partial charge in [-0.05, 0) is 0 Å². The van der Waals surface area contributed by atoms with Crippen LogP contribution in [0.5, 0.6) is 0 Å². The van der Waals surface area contributed by atoms with Crippen LogP contribution in [-0.2, 0) is 15.6 Å². The summed E-state index contributed by atoms with van der Waals surface area (Å²) in [5.74, 6) is -1.38. The summed E-state index contributed by atoms with van der Waals surface area (Å²) in [7, 11) is -3.16. The fraction of sp³-hybridized carbons (Fsp3) is 0.375. The molecule has 0 atom stereocenters. The van der Waals surface area contributed by atoms with Crippen molar-refractivity contribution in [3.8, 4) is 0 Å². The summed E-state index contributed by atoms with van der Waals surface area (Å²) in [4.78, 5) is 17.7. The van der Waals surface area contributed by atoms with E-state index in [9.17, 15) is 13.2 Å². The second kappa shape index (κ2) is 4.35. The van der Waals surface area contributed by atoms with Gasteiger partial charge in [0, 0.05) is 5.75 Å². The summed E-state index contributed by atoms with van der Waals surface area (Å²) in [6.07, 6.45) is 2.21. The molecule has 1 rings (SSSR count). The van der Waals surface area contributed by atoms with E-state index >= 15 is 0 Å². The minimum atomic E-state index is -3.16. The predicted molar refractivity (Wildman–Crippen MR) is 52.2 cm³/mol. The molecule has 0 radical (unpaired) electrons. The van der Waals surface area contributed by atoms with Gasteiger partial charge >= 0.3 is 5.97 Å². The smallest absolute Gasteiger partial charge is 0.356 e. The van der Waals surface area contributed by atoms with Crippen molar-refractivity contribution < 1.29 is 18.3 Å². The van der Waals surface area contributed by atoms with Crippen LogP contribution in [0, 0.1) is 0 Å². The lowest BCUT2D eigenvalue weighted by Crippen LogP contribution is -2.09. The van der Waals surface area contributed by atoms with Crippen LogP contribution in [0.15, 0.2) is 12.4 Å². The number of sulfone groups is 1. The quantitative estimate of drug-likeness (QED) is 0.788. The van der Waals surface area contributed by atoms with Crippen LogP contribution in [0.3, 0.4) is 0 Å². The molecule has 1 aromatic heterocycles. The molecule has 0 aliphatic heterocycles. The highest BCUT2D eigenvalue weighted by Gasteiger charge is 2.11. The highest BCUT2D eigenvalue weighted by molar-refractivity contribution is 7.90. The Morgan fingerprint density at radius 1 is 1.40 bits per heavy atom. The van der Waals surface area contributed by atoms with Gasteiger partial charge in [-0.1, -0.05) is 6.92 Å². The maximum atomic E-state index is 11.2. The van der Waals surface area contributed by atoms with Gasteiger partial charge in [0.1, 0.15) is 0 Å². The van der Waals surface area contributed by atoms with Crippen molar-refractivity contribution in [1.29, 1.82) is 0 Å². The number of aromatic nitrogens is 2. The van der Waals surface area contributed by atoms with Crippen molar-refractivity contribution in [3.63, 3.8) is 0 Å². The van der Waals surface area contributed by atoms with E-state index in [0.717, 1.165) is 12.4 Å². The molecule has 15 heavy (non-hydrogen) atoms. The maximum Gasteiger partial charge on any atom is 0.356 e. The van der Waals surface area contributed by atoms with Crippen LogP contribution in [0.4, 0.5) is 0 Å². The molecule has 7 heteroatoms. The van der Waals surface area contributed by atoms with Gasteiger partial charge in [-0.2, -0.15) is 0 Å². The van der Waals surface area contributed by atoms with Gasteiger partial charge in [-0.25, -0.2) is 18.2 Å². The Morgan fingerprint density at radius 2 is 2.07 bits per heavy atom. The first-order valence-electron chi connectivity index (χ1n) is 4.19. The Bertz CT molecular complexity index is 452. The van der Waals surface area contributed by atoms with Crippen molar-refractivity contribution in [2.75, 3.05) is 5.75 Å². The van der Waals surface area contributed by atoms with E-state index in [4.69, 9.17) is 5.11 Å². The zero-order chi connectivity index (χ0) is 11.5. The van der Waals surface area contributed by atoms with Crippen molar-refractivity contribution in [3.05, 3.63) is 23.8 Å². The predicted octanol–water partition coefficient (Wildman–Crippen LogP) is 0.110.